The molecular weight excluding hydrogens is 443 g/mol. The van der Waals surface area contributed by atoms with E-state index >= 15 is 0 Å². The number of halogens is 3. The predicted molar refractivity (Wildman–Crippen MR) is 112 cm³/mol. The fourth-order valence-corrected chi connectivity index (χ4v) is 2.91. The topological polar surface area (TPSA) is 115 Å². The number of aromatic nitrogens is 2. The molecule has 1 amide bonds. The van der Waals surface area contributed by atoms with Crippen LogP contribution in [-0.4, -0.2) is 39.5 Å². The first-order chi connectivity index (χ1) is 15.3. The van der Waals surface area contributed by atoms with Gasteiger partial charge in [-0.15, -0.1) is 10.2 Å². The predicted octanol–water partition coefficient (Wildman–Crippen LogP) is 5.08. The van der Waals surface area contributed by atoms with Gasteiger partial charge in [0.1, 0.15) is 12.1 Å². The molecule has 2 aromatic rings. The Hall–Kier alpha value is -3.11. The number of unbranched alkanes of at least 4 members (excludes halogenated alkanes) is 1. The molecule has 0 spiro atoms. The Morgan fingerprint density at radius 1 is 1.15 bits per heavy atom. The van der Waals surface area contributed by atoms with Gasteiger partial charge < -0.3 is 19.6 Å². The summed E-state index contributed by atoms with van der Waals surface area (Å²) < 4.78 is 49.3. The van der Waals surface area contributed by atoms with E-state index in [2.05, 4.69) is 15.5 Å². The van der Waals surface area contributed by atoms with Crippen molar-refractivity contribution < 1.29 is 37.0 Å². The maximum Gasteiger partial charge on any atom is 0.416 e. The molecule has 8 nitrogen and oxygen atoms in total. The van der Waals surface area contributed by atoms with Crippen molar-refractivity contribution in [1.29, 1.82) is 0 Å². The second kappa shape index (κ2) is 10.7. The summed E-state index contributed by atoms with van der Waals surface area (Å²) in [7, 11) is 0. The van der Waals surface area contributed by atoms with Crippen molar-refractivity contribution in [1.82, 2.24) is 15.5 Å². The SMILES string of the molecule is CCCC[C@H](NC(=O)O[C@@H](Cc1nnc(-c2ccc(C(F)(F)F)cc2)o1)C(C)(C)C)C(=O)O. The molecule has 182 valence electrons. The van der Waals surface area contributed by atoms with Crippen molar-refractivity contribution in [2.24, 2.45) is 5.41 Å². The van der Waals surface area contributed by atoms with Gasteiger partial charge in [0.15, 0.2) is 0 Å². The molecule has 0 aliphatic carbocycles. The molecule has 11 heteroatoms. The number of alkyl halides is 3. The molecule has 2 atom stereocenters. The summed E-state index contributed by atoms with van der Waals surface area (Å²) in [5.41, 5.74) is -1.03. The maximum atomic E-state index is 12.7. The molecule has 33 heavy (non-hydrogen) atoms. The van der Waals surface area contributed by atoms with Gasteiger partial charge in [0.25, 0.3) is 0 Å². The number of carboxylic acid groups (broad SMARTS) is 1. The number of hydrogen-bond donors (Lipinski definition) is 2. The highest BCUT2D eigenvalue weighted by atomic mass is 19.4. The number of carbonyl (C=O) groups excluding carboxylic acids is 1. The zero-order valence-electron chi connectivity index (χ0n) is 18.9. The lowest BCUT2D eigenvalue weighted by Crippen LogP contribution is -2.44. The van der Waals surface area contributed by atoms with Crippen LogP contribution in [0.1, 0.15) is 58.4 Å². The number of aliphatic carboxylic acids is 1. The van der Waals surface area contributed by atoms with Crippen molar-refractivity contribution in [2.45, 2.75) is 71.7 Å². The maximum absolute atomic E-state index is 12.7. The summed E-state index contributed by atoms with van der Waals surface area (Å²) in [5, 5.41) is 19.4. The highest BCUT2D eigenvalue weighted by Crippen LogP contribution is 2.31. The van der Waals surface area contributed by atoms with E-state index in [1.54, 1.807) is 0 Å². The van der Waals surface area contributed by atoms with Crippen molar-refractivity contribution in [3.63, 3.8) is 0 Å². The monoisotopic (exact) mass is 471 g/mol. The molecule has 2 N–H and O–H groups in total. The summed E-state index contributed by atoms with van der Waals surface area (Å²) in [6.07, 6.45) is -4.33. The van der Waals surface area contributed by atoms with Gasteiger partial charge in [-0.3, -0.25) is 0 Å². The van der Waals surface area contributed by atoms with E-state index in [-0.39, 0.29) is 24.6 Å². The molecule has 0 fully saturated rings. The number of carboxylic acids is 1. The number of amides is 1. The van der Waals surface area contributed by atoms with Crippen LogP contribution in [0, 0.1) is 5.41 Å². The molecule has 0 aliphatic rings. The van der Waals surface area contributed by atoms with Gasteiger partial charge in [-0.2, -0.15) is 13.2 Å². The Morgan fingerprint density at radius 2 is 1.79 bits per heavy atom. The molecule has 0 saturated carbocycles. The molecule has 0 aliphatic heterocycles. The number of carbonyl (C=O) groups is 2. The molecule has 0 radical (unpaired) electrons. The van der Waals surface area contributed by atoms with Gasteiger partial charge in [0, 0.05) is 5.56 Å². The molecule has 1 aromatic heterocycles. The number of rotatable bonds is 9. The Kier molecular flexibility index (Phi) is 8.45. The molecular formula is C22H28F3N3O5. The zero-order valence-corrected chi connectivity index (χ0v) is 18.9. The van der Waals surface area contributed by atoms with Crippen LogP contribution in [0.3, 0.4) is 0 Å². The number of nitrogens with one attached hydrogen (secondary N) is 1. The summed E-state index contributed by atoms with van der Waals surface area (Å²) in [6.45, 7) is 7.38. The third-order valence-electron chi connectivity index (χ3n) is 4.94. The molecule has 0 bridgehead atoms. The van der Waals surface area contributed by atoms with Crippen molar-refractivity contribution >= 4 is 12.1 Å². The molecule has 2 rings (SSSR count). The Balaban J connectivity index is 2.10. The van der Waals surface area contributed by atoms with E-state index in [9.17, 15) is 27.9 Å². The van der Waals surface area contributed by atoms with Gasteiger partial charge in [0.2, 0.25) is 11.8 Å². The number of alkyl carbamates (subject to hydrolysis) is 1. The number of benzene rings is 1. The van der Waals surface area contributed by atoms with Crippen molar-refractivity contribution in [3.05, 3.63) is 35.7 Å². The van der Waals surface area contributed by atoms with Gasteiger partial charge >= 0.3 is 18.2 Å². The van der Waals surface area contributed by atoms with E-state index in [1.165, 1.54) is 12.1 Å². The van der Waals surface area contributed by atoms with Crippen LogP contribution < -0.4 is 5.32 Å². The fourth-order valence-electron chi connectivity index (χ4n) is 2.91. The number of ether oxygens (including phenoxy) is 1. The van der Waals surface area contributed by atoms with Gasteiger partial charge in [0.05, 0.1) is 12.0 Å². The molecule has 0 unspecified atom stereocenters. The van der Waals surface area contributed by atoms with E-state index < -0.39 is 41.4 Å². The Morgan fingerprint density at radius 3 is 2.30 bits per heavy atom. The van der Waals surface area contributed by atoms with Crippen molar-refractivity contribution in [3.8, 4) is 11.5 Å². The summed E-state index contributed by atoms with van der Waals surface area (Å²) in [4.78, 5) is 23.7. The minimum absolute atomic E-state index is 0.0290. The van der Waals surface area contributed by atoms with Crippen molar-refractivity contribution in [2.75, 3.05) is 0 Å². The van der Waals surface area contributed by atoms with Crippen LogP contribution in [-0.2, 0) is 22.1 Å². The van der Waals surface area contributed by atoms with Crippen LogP contribution in [0.25, 0.3) is 11.5 Å². The quantitative estimate of drug-likeness (QED) is 0.524. The lowest BCUT2D eigenvalue weighted by atomic mass is 9.87. The third-order valence-corrected chi connectivity index (χ3v) is 4.94. The van der Waals surface area contributed by atoms with Crippen LogP contribution in [0.2, 0.25) is 0 Å². The largest absolute Gasteiger partial charge is 0.480 e. The molecule has 1 aromatic carbocycles. The van der Waals surface area contributed by atoms with E-state index in [4.69, 9.17) is 9.15 Å². The summed E-state index contributed by atoms with van der Waals surface area (Å²) in [5.74, 6) is -0.995. The molecule has 0 saturated heterocycles. The van der Waals surface area contributed by atoms with Crippen LogP contribution >= 0.6 is 0 Å². The zero-order chi connectivity index (χ0) is 24.8. The highest BCUT2D eigenvalue weighted by molar-refractivity contribution is 5.79. The van der Waals surface area contributed by atoms with E-state index in [0.717, 1.165) is 18.6 Å². The minimum Gasteiger partial charge on any atom is -0.480 e. The Labute approximate surface area is 189 Å². The van der Waals surface area contributed by atoms with E-state index in [1.807, 2.05) is 27.7 Å². The summed E-state index contributed by atoms with van der Waals surface area (Å²) >= 11 is 0. The minimum atomic E-state index is -4.45. The fraction of sp³-hybridized carbons (Fsp3) is 0.545. The standard InChI is InChI=1S/C22H28F3N3O5/c1-5-6-7-15(19(29)30)26-20(31)32-16(21(2,3)4)12-17-27-28-18(33-17)13-8-10-14(11-9-13)22(23,24)25/h8-11,15-16H,5-7,12H2,1-4H3,(H,26,31)(H,29,30)/t15-,16-/m0/s1. The third kappa shape index (κ3) is 7.76. The first-order valence-corrected chi connectivity index (χ1v) is 10.5. The van der Waals surface area contributed by atoms with Crippen LogP contribution in [0.4, 0.5) is 18.0 Å². The number of hydrogen-bond acceptors (Lipinski definition) is 6. The lowest BCUT2D eigenvalue weighted by molar-refractivity contribution is -0.140. The van der Waals surface area contributed by atoms with Gasteiger partial charge in [-0.1, -0.05) is 40.5 Å². The highest BCUT2D eigenvalue weighted by Gasteiger charge is 2.33. The lowest BCUT2D eigenvalue weighted by Gasteiger charge is -2.29. The average Bonchev–Trinajstić information content (AvgIpc) is 3.18. The summed E-state index contributed by atoms with van der Waals surface area (Å²) in [6, 6.07) is 3.23. The normalized spacial score (nSPS) is 13.9. The van der Waals surface area contributed by atoms with Crippen LogP contribution in [0.5, 0.6) is 0 Å². The van der Waals surface area contributed by atoms with E-state index in [0.29, 0.717) is 12.0 Å². The average molecular weight is 471 g/mol. The smallest absolute Gasteiger partial charge is 0.416 e. The second-order valence-electron chi connectivity index (χ2n) is 8.72. The van der Waals surface area contributed by atoms with Gasteiger partial charge in [-0.05, 0) is 36.1 Å². The van der Waals surface area contributed by atoms with Gasteiger partial charge in [-0.25, -0.2) is 9.59 Å². The van der Waals surface area contributed by atoms with Crippen LogP contribution in [0.15, 0.2) is 28.7 Å². The second-order valence-corrected chi connectivity index (χ2v) is 8.72. The molecule has 1 heterocycles. The first-order valence-electron chi connectivity index (χ1n) is 10.5. The Bertz CT molecular complexity index is 936. The number of nitrogens with zero attached hydrogens (tertiary/aromatic N) is 2. The first kappa shape index (κ1) is 26.1.